The molecule has 8 heteroatoms. The van der Waals surface area contributed by atoms with Gasteiger partial charge in [0.2, 0.25) is 5.13 Å². The molecule has 140 valence electrons. The molecule has 0 fully saturated rings. The third-order valence-corrected chi connectivity index (χ3v) is 5.17. The van der Waals surface area contributed by atoms with Gasteiger partial charge in [-0.3, -0.25) is 4.79 Å². The molecule has 0 saturated carbocycles. The molecule has 2 aromatic carbocycles. The summed E-state index contributed by atoms with van der Waals surface area (Å²) < 4.78 is 5.08. The highest BCUT2D eigenvalue weighted by Crippen LogP contribution is 2.31. The van der Waals surface area contributed by atoms with Gasteiger partial charge in [-0.05, 0) is 35.9 Å². The Morgan fingerprint density at radius 3 is 2.61 bits per heavy atom. The number of aromatic nitrogens is 2. The number of benzene rings is 2. The number of nitrogens with one attached hydrogen (secondary N) is 2. The predicted octanol–water partition coefficient (Wildman–Crippen LogP) is 5.32. The molecular formula is C20H15ClN4O2S. The number of carbonyl (C=O) groups excluding carboxylic acids is 1. The van der Waals surface area contributed by atoms with Gasteiger partial charge >= 0.3 is 0 Å². The monoisotopic (exact) mass is 410 g/mol. The summed E-state index contributed by atoms with van der Waals surface area (Å²) in [5, 5.41) is 16.5. The number of halogens is 1. The molecule has 0 atom stereocenters. The van der Waals surface area contributed by atoms with Crippen molar-refractivity contribution in [3.05, 3.63) is 83.3 Å². The summed E-state index contributed by atoms with van der Waals surface area (Å²) in [6, 6.07) is 18.4. The Bertz CT molecular complexity index is 1080. The average Bonchev–Trinajstić information content (AvgIpc) is 3.40. The van der Waals surface area contributed by atoms with Gasteiger partial charge < -0.3 is 15.1 Å². The van der Waals surface area contributed by atoms with E-state index in [4.69, 9.17) is 16.0 Å². The zero-order chi connectivity index (χ0) is 19.3. The van der Waals surface area contributed by atoms with Crippen molar-refractivity contribution >= 4 is 39.7 Å². The highest BCUT2D eigenvalue weighted by Gasteiger charge is 2.10. The minimum Gasteiger partial charge on any atom is -0.459 e. The lowest BCUT2D eigenvalue weighted by Crippen LogP contribution is -2.10. The maximum Gasteiger partial charge on any atom is 0.291 e. The highest BCUT2D eigenvalue weighted by molar-refractivity contribution is 7.18. The van der Waals surface area contributed by atoms with E-state index in [0.717, 1.165) is 16.1 Å². The molecule has 4 aromatic rings. The predicted molar refractivity (Wildman–Crippen MR) is 111 cm³/mol. The zero-order valence-corrected chi connectivity index (χ0v) is 16.1. The number of furan rings is 1. The van der Waals surface area contributed by atoms with Gasteiger partial charge in [0.05, 0.1) is 11.3 Å². The SMILES string of the molecule is O=C(Nc1ccc(CNc2nnc(-c3ccccc3Cl)s2)cc1)c1ccco1. The molecule has 2 N–H and O–H groups in total. The molecule has 0 saturated heterocycles. The topological polar surface area (TPSA) is 80.0 Å². The van der Waals surface area contributed by atoms with Crippen molar-refractivity contribution in [1.29, 1.82) is 0 Å². The van der Waals surface area contributed by atoms with Crippen LogP contribution >= 0.6 is 22.9 Å². The molecule has 0 bridgehead atoms. The molecule has 2 heterocycles. The van der Waals surface area contributed by atoms with Gasteiger partial charge in [0, 0.05) is 17.8 Å². The Morgan fingerprint density at radius 1 is 1.04 bits per heavy atom. The van der Waals surface area contributed by atoms with Crippen molar-refractivity contribution < 1.29 is 9.21 Å². The van der Waals surface area contributed by atoms with Crippen molar-refractivity contribution in [3.63, 3.8) is 0 Å². The lowest BCUT2D eigenvalue weighted by atomic mass is 10.2. The van der Waals surface area contributed by atoms with Crippen LogP contribution in [0.5, 0.6) is 0 Å². The summed E-state index contributed by atoms with van der Waals surface area (Å²) >= 11 is 7.65. The number of nitrogens with zero attached hydrogens (tertiary/aromatic N) is 2. The molecule has 6 nitrogen and oxygen atoms in total. The van der Waals surface area contributed by atoms with Crippen LogP contribution in [0.3, 0.4) is 0 Å². The average molecular weight is 411 g/mol. The number of rotatable bonds is 6. The lowest BCUT2D eigenvalue weighted by Gasteiger charge is -2.06. The maximum absolute atomic E-state index is 12.0. The molecule has 28 heavy (non-hydrogen) atoms. The second-order valence-corrected chi connectivity index (χ2v) is 7.26. The van der Waals surface area contributed by atoms with Crippen molar-refractivity contribution in [2.45, 2.75) is 6.54 Å². The van der Waals surface area contributed by atoms with Crippen LogP contribution in [0.15, 0.2) is 71.3 Å². The van der Waals surface area contributed by atoms with E-state index in [1.54, 1.807) is 12.1 Å². The fourth-order valence-electron chi connectivity index (χ4n) is 2.52. The molecule has 0 unspecified atom stereocenters. The van der Waals surface area contributed by atoms with Gasteiger partial charge in [-0.2, -0.15) is 0 Å². The van der Waals surface area contributed by atoms with Crippen LogP contribution in [-0.2, 0) is 6.54 Å². The van der Waals surface area contributed by atoms with Gasteiger partial charge in [0.15, 0.2) is 10.8 Å². The summed E-state index contributed by atoms with van der Waals surface area (Å²) in [5.74, 6) is -0.00632. The first kappa shape index (κ1) is 18.2. The van der Waals surface area contributed by atoms with E-state index in [-0.39, 0.29) is 11.7 Å². The first-order valence-corrected chi connectivity index (χ1v) is 9.64. The van der Waals surface area contributed by atoms with E-state index >= 15 is 0 Å². The highest BCUT2D eigenvalue weighted by atomic mass is 35.5. The summed E-state index contributed by atoms with van der Waals surface area (Å²) in [5.41, 5.74) is 2.61. The Morgan fingerprint density at radius 2 is 1.86 bits per heavy atom. The minimum absolute atomic E-state index is 0.274. The molecule has 2 aromatic heterocycles. The normalized spacial score (nSPS) is 10.6. The van der Waals surface area contributed by atoms with Crippen LogP contribution in [0.4, 0.5) is 10.8 Å². The largest absolute Gasteiger partial charge is 0.459 e. The fraction of sp³-hybridized carbons (Fsp3) is 0.0500. The first-order chi connectivity index (χ1) is 13.7. The van der Waals surface area contributed by atoms with Gasteiger partial charge in [-0.1, -0.05) is 53.3 Å². The second-order valence-electron chi connectivity index (χ2n) is 5.87. The van der Waals surface area contributed by atoms with Crippen molar-refractivity contribution in [3.8, 4) is 10.6 Å². The first-order valence-electron chi connectivity index (χ1n) is 8.45. The standard InChI is InChI=1S/C20H15ClN4O2S/c21-16-5-2-1-4-15(16)19-24-25-20(28-19)22-12-13-7-9-14(10-8-13)23-18(26)17-6-3-11-27-17/h1-11H,12H2,(H,22,25)(H,23,26). The van der Waals surface area contributed by atoms with Crippen molar-refractivity contribution in [2.75, 3.05) is 10.6 Å². The van der Waals surface area contributed by atoms with Gasteiger partial charge in [-0.25, -0.2) is 0 Å². The lowest BCUT2D eigenvalue weighted by molar-refractivity contribution is 0.0996. The van der Waals surface area contributed by atoms with Gasteiger partial charge in [0.25, 0.3) is 5.91 Å². The second kappa shape index (κ2) is 8.24. The van der Waals surface area contributed by atoms with Crippen molar-refractivity contribution in [1.82, 2.24) is 10.2 Å². The molecule has 0 aliphatic heterocycles. The molecule has 0 aliphatic carbocycles. The smallest absolute Gasteiger partial charge is 0.291 e. The third-order valence-electron chi connectivity index (χ3n) is 3.93. The fourth-order valence-corrected chi connectivity index (χ4v) is 3.58. The quantitative estimate of drug-likeness (QED) is 0.450. The maximum atomic E-state index is 12.0. The molecular weight excluding hydrogens is 396 g/mol. The van der Waals surface area contributed by atoms with E-state index in [9.17, 15) is 4.79 Å². The summed E-state index contributed by atoms with van der Waals surface area (Å²) in [6.45, 7) is 0.587. The number of hydrogen-bond donors (Lipinski definition) is 2. The van der Waals surface area contributed by atoms with Crippen LogP contribution < -0.4 is 10.6 Å². The number of carbonyl (C=O) groups is 1. The van der Waals surface area contributed by atoms with Crippen LogP contribution in [0.25, 0.3) is 10.6 Å². The summed E-state index contributed by atoms with van der Waals surface area (Å²) in [4.78, 5) is 12.0. The van der Waals surface area contributed by atoms with Gasteiger partial charge in [-0.15, -0.1) is 10.2 Å². The molecule has 1 amide bonds. The van der Waals surface area contributed by atoms with E-state index < -0.39 is 0 Å². The Balaban J connectivity index is 1.35. The Hall–Kier alpha value is -3.16. The molecule has 0 spiro atoms. The molecule has 4 rings (SSSR count). The van der Waals surface area contributed by atoms with E-state index in [2.05, 4.69) is 20.8 Å². The van der Waals surface area contributed by atoms with E-state index in [1.807, 2.05) is 48.5 Å². The van der Waals surface area contributed by atoms with Gasteiger partial charge in [0.1, 0.15) is 0 Å². The summed E-state index contributed by atoms with van der Waals surface area (Å²) in [7, 11) is 0. The number of amides is 1. The Labute approximate surface area is 170 Å². The Kier molecular flexibility index (Phi) is 5.36. The van der Waals surface area contributed by atoms with E-state index in [1.165, 1.54) is 17.6 Å². The zero-order valence-electron chi connectivity index (χ0n) is 14.6. The van der Waals surface area contributed by atoms with Crippen molar-refractivity contribution in [2.24, 2.45) is 0 Å². The number of anilines is 2. The van der Waals surface area contributed by atoms with Crippen LogP contribution in [0.1, 0.15) is 16.1 Å². The molecule has 0 aliphatic rings. The van der Waals surface area contributed by atoms with Crippen LogP contribution in [0, 0.1) is 0 Å². The van der Waals surface area contributed by atoms with Crippen LogP contribution in [0.2, 0.25) is 5.02 Å². The van der Waals surface area contributed by atoms with Crippen LogP contribution in [-0.4, -0.2) is 16.1 Å². The summed E-state index contributed by atoms with van der Waals surface area (Å²) in [6.07, 6.45) is 1.47. The third kappa shape index (κ3) is 4.21. The van der Waals surface area contributed by atoms with E-state index in [0.29, 0.717) is 22.4 Å². The minimum atomic E-state index is -0.281. The number of hydrogen-bond acceptors (Lipinski definition) is 6. The molecule has 0 radical (unpaired) electrons.